The summed E-state index contributed by atoms with van der Waals surface area (Å²) in [6.45, 7) is 0. The van der Waals surface area contributed by atoms with Crippen LogP contribution in [-0.4, -0.2) is 17.9 Å². The molecule has 3 nitrogen and oxygen atoms in total. The van der Waals surface area contributed by atoms with Crippen LogP contribution in [0.4, 0.5) is 0 Å². The summed E-state index contributed by atoms with van der Waals surface area (Å²) in [5.41, 5.74) is 1.16. The molecule has 1 heterocycles. The Morgan fingerprint density at radius 1 is 1.29 bits per heavy atom. The zero-order chi connectivity index (χ0) is 15.4. The number of carbonyl (C=O) groups excluding carboxylic acids is 1. The molecule has 0 aliphatic rings. The molecule has 1 aromatic carbocycles. The maximum atomic E-state index is 12.1. The van der Waals surface area contributed by atoms with Gasteiger partial charge in [-0.3, -0.25) is 4.79 Å². The molecule has 0 atom stereocenters. The third-order valence-electron chi connectivity index (χ3n) is 2.66. The molecule has 0 spiro atoms. The summed E-state index contributed by atoms with van der Waals surface area (Å²) in [5.74, 6) is 0.256. The van der Waals surface area contributed by atoms with Crippen molar-refractivity contribution >= 4 is 51.0 Å². The van der Waals surface area contributed by atoms with Crippen LogP contribution < -0.4 is 4.74 Å². The lowest BCUT2D eigenvalue weighted by atomic mass is 10.1. The van der Waals surface area contributed by atoms with Gasteiger partial charge in [-0.15, -0.1) is 0 Å². The van der Waals surface area contributed by atoms with Crippen LogP contribution in [0.2, 0.25) is 10.0 Å². The number of pyridine rings is 1. The number of benzene rings is 1. The number of hydrogen-bond acceptors (Lipinski definition) is 3. The summed E-state index contributed by atoms with van der Waals surface area (Å²) in [6, 6.07) is 6.56. The fourth-order valence-corrected chi connectivity index (χ4v) is 2.29. The molecular weight excluding hydrogens is 377 g/mol. The summed E-state index contributed by atoms with van der Waals surface area (Å²) < 4.78 is 5.94. The molecule has 0 aliphatic carbocycles. The van der Waals surface area contributed by atoms with Crippen LogP contribution in [0, 0.1) is 0 Å². The van der Waals surface area contributed by atoms with Crippen molar-refractivity contribution in [3.8, 4) is 5.88 Å². The summed E-state index contributed by atoms with van der Waals surface area (Å²) >= 11 is 15.0. The van der Waals surface area contributed by atoms with Gasteiger partial charge in [0.05, 0.1) is 17.2 Å². The van der Waals surface area contributed by atoms with Crippen LogP contribution in [0.5, 0.6) is 5.88 Å². The van der Waals surface area contributed by atoms with Crippen molar-refractivity contribution in [2.24, 2.45) is 0 Å². The molecule has 1 aromatic heterocycles. The Hall–Kier alpha value is -1.36. The Bertz CT molecular complexity index is 717. The number of ketones is 1. The Morgan fingerprint density at radius 2 is 2.05 bits per heavy atom. The topological polar surface area (TPSA) is 39.2 Å². The monoisotopic (exact) mass is 385 g/mol. The van der Waals surface area contributed by atoms with Crippen molar-refractivity contribution in [2.45, 2.75) is 0 Å². The van der Waals surface area contributed by atoms with Crippen LogP contribution in [0.1, 0.15) is 15.9 Å². The van der Waals surface area contributed by atoms with E-state index in [1.165, 1.54) is 19.3 Å². The van der Waals surface area contributed by atoms with E-state index in [-0.39, 0.29) is 5.78 Å². The van der Waals surface area contributed by atoms with Gasteiger partial charge in [0.25, 0.3) is 0 Å². The fraction of sp³-hybridized carbons (Fsp3) is 0.0667. The smallest absolute Gasteiger partial charge is 0.220 e. The summed E-state index contributed by atoms with van der Waals surface area (Å²) in [4.78, 5) is 16.2. The number of aromatic nitrogens is 1. The third-order valence-corrected chi connectivity index (χ3v) is 3.83. The second-order valence-corrected chi connectivity index (χ2v) is 5.81. The van der Waals surface area contributed by atoms with Gasteiger partial charge in [-0.05, 0) is 52.3 Å². The van der Waals surface area contributed by atoms with Crippen molar-refractivity contribution in [1.29, 1.82) is 0 Å². The molecule has 0 saturated heterocycles. The highest BCUT2D eigenvalue weighted by molar-refractivity contribution is 9.10. The molecule has 21 heavy (non-hydrogen) atoms. The number of nitrogens with zero attached hydrogens (tertiary/aromatic N) is 1. The maximum absolute atomic E-state index is 12.1. The second kappa shape index (κ2) is 7.07. The predicted octanol–water partition coefficient (Wildman–Crippen LogP) is 5.06. The van der Waals surface area contributed by atoms with Crippen molar-refractivity contribution in [1.82, 2.24) is 4.98 Å². The molecule has 2 rings (SSSR count). The lowest BCUT2D eigenvalue weighted by Gasteiger charge is -2.03. The third kappa shape index (κ3) is 4.06. The average molecular weight is 387 g/mol. The highest BCUT2D eigenvalue weighted by Crippen LogP contribution is 2.24. The Kier molecular flexibility index (Phi) is 5.39. The van der Waals surface area contributed by atoms with Crippen LogP contribution in [0.15, 0.2) is 41.0 Å². The van der Waals surface area contributed by atoms with Crippen LogP contribution >= 0.6 is 39.1 Å². The first kappa shape index (κ1) is 16.0. The molecule has 0 N–H and O–H groups in total. The van der Waals surface area contributed by atoms with Crippen LogP contribution in [0.3, 0.4) is 0 Å². The van der Waals surface area contributed by atoms with Gasteiger partial charge >= 0.3 is 0 Å². The Morgan fingerprint density at radius 3 is 2.71 bits per heavy atom. The van der Waals surface area contributed by atoms with Crippen molar-refractivity contribution < 1.29 is 9.53 Å². The maximum Gasteiger partial charge on any atom is 0.220 e. The minimum Gasteiger partial charge on any atom is -0.481 e. The average Bonchev–Trinajstić information content (AvgIpc) is 2.47. The van der Waals surface area contributed by atoms with E-state index >= 15 is 0 Å². The number of rotatable bonds is 4. The minimum absolute atomic E-state index is 0.185. The minimum atomic E-state index is -0.185. The number of hydrogen-bond donors (Lipinski definition) is 0. The first-order valence-electron chi connectivity index (χ1n) is 5.88. The highest BCUT2D eigenvalue weighted by Gasteiger charge is 2.07. The van der Waals surface area contributed by atoms with E-state index in [1.54, 1.807) is 24.4 Å². The molecule has 2 aromatic rings. The molecule has 108 valence electrons. The van der Waals surface area contributed by atoms with Crippen LogP contribution in [0.25, 0.3) is 6.08 Å². The van der Waals surface area contributed by atoms with Gasteiger partial charge in [0.15, 0.2) is 5.78 Å². The molecule has 0 fully saturated rings. The van der Waals surface area contributed by atoms with Gasteiger partial charge in [-0.25, -0.2) is 4.98 Å². The van der Waals surface area contributed by atoms with Crippen molar-refractivity contribution in [3.05, 3.63) is 62.2 Å². The predicted molar refractivity (Wildman–Crippen MR) is 88.3 cm³/mol. The molecule has 0 amide bonds. The van der Waals surface area contributed by atoms with Gasteiger partial charge < -0.3 is 4.74 Å². The fourth-order valence-electron chi connectivity index (χ4n) is 1.64. The first-order valence-corrected chi connectivity index (χ1v) is 7.43. The zero-order valence-electron chi connectivity index (χ0n) is 10.9. The molecule has 0 radical (unpaired) electrons. The SMILES string of the molecule is COc1ncc(Br)cc1/C=C/C(=O)c1ccc(Cl)c(Cl)c1. The summed E-state index contributed by atoms with van der Waals surface area (Å²) in [7, 11) is 1.52. The Labute approximate surface area is 140 Å². The van der Waals surface area contributed by atoms with Crippen LogP contribution in [-0.2, 0) is 0 Å². The number of ether oxygens (including phenoxy) is 1. The van der Waals surface area contributed by atoms with E-state index in [0.29, 0.717) is 27.1 Å². The molecule has 0 bridgehead atoms. The molecule has 0 aliphatic heterocycles. The first-order chi connectivity index (χ1) is 10.0. The summed E-state index contributed by atoms with van der Waals surface area (Å²) in [5, 5.41) is 0.757. The standard InChI is InChI=1S/C15H10BrCl2NO2/c1-21-15-10(6-11(16)8-19-15)3-5-14(20)9-2-4-12(17)13(18)7-9/h2-8H,1H3/b5-3+. The van der Waals surface area contributed by atoms with E-state index in [2.05, 4.69) is 20.9 Å². The molecule has 0 unspecified atom stereocenters. The zero-order valence-corrected chi connectivity index (χ0v) is 14.0. The quantitative estimate of drug-likeness (QED) is 0.544. The van der Waals surface area contributed by atoms with E-state index in [1.807, 2.05) is 6.07 Å². The number of halogens is 3. The van der Waals surface area contributed by atoms with Crippen molar-refractivity contribution in [2.75, 3.05) is 7.11 Å². The largest absolute Gasteiger partial charge is 0.481 e. The van der Waals surface area contributed by atoms with Gasteiger partial charge in [0.1, 0.15) is 0 Å². The van der Waals surface area contributed by atoms with Gasteiger partial charge in [-0.2, -0.15) is 0 Å². The highest BCUT2D eigenvalue weighted by atomic mass is 79.9. The van der Waals surface area contributed by atoms with E-state index < -0.39 is 0 Å². The summed E-state index contributed by atoms with van der Waals surface area (Å²) in [6.07, 6.45) is 4.70. The lowest BCUT2D eigenvalue weighted by molar-refractivity contribution is 0.104. The van der Waals surface area contributed by atoms with Gasteiger partial charge in [-0.1, -0.05) is 23.2 Å². The molecule has 0 saturated carbocycles. The number of carbonyl (C=O) groups is 1. The number of methoxy groups -OCH3 is 1. The lowest BCUT2D eigenvalue weighted by Crippen LogP contribution is -1.95. The Balaban J connectivity index is 2.26. The van der Waals surface area contributed by atoms with E-state index in [4.69, 9.17) is 27.9 Å². The molecule has 6 heteroatoms. The normalized spacial score (nSPS) is 10.9. The van der Waals surface area contributed by atoms with Crippen molar-refractivity contribution in [3.63, 3.8) is 0 Å². The van der Waals surface area contributed by atoms with Gasteiger partial charge in [0.2, 0.25) is 5.88 Å². The molecular formula is C15H10BrCl2NO2. The number of allylic oxidation sites excluding steroid dienone is 1. The second-order valence-electron chi connectivity index (χ2n) is 4.08. The van der Waals surface area contributed by atoms with Gasteiger partial charge in [0, 0.05) is 21.8 Å². The van der Waals surface area contributed by atoms with E-state index in [0.717, 1.165) is 4.47 Å². The van der Waals surface area contributed by atoms with E-state index in [9.17, 15) is 4.79 Å².